The number of benzene rings is 2. The van der Waals surface area contributed by atoms with Gasteiger partial charge in [-0.25, -0.2) is 0 Å². The van der Waals surface area contributed by atoms with Gasteiger partial charge in [-0.05, 0) is 49.2 Å². The lowest BCUT2D eigenvalue weighted by atomic mass is 10.1. The predicted molar refractivity (Wildman–Crippen MR) is 110 cm³/mol. The molecule has 0 saturated heterocycles. The summed E-state index contributed by atoms with van der Waals surface area (Å²) >= 11 is 0. The van der Waals surface area contributed by atoms with E-state index in [0.29, 0.717) is 34.6 Å². The van der Waals surface area contributed by atoms with E-state index in [2.05, 4.69) is 20.8 Å². The van der Waals surface area contributed by atoms with Gasteiger partial charge in [-0.1, -0.05) is 30.1 Å². The average Bonchev–Trinajstić information content (AvgIpc) is 3.40. The van der Waals surface area contributed by atoms with Crippen molar-refractivity contribution in [3.63, 3.8) is 0 Å². The van der Waals surface area contributed by atoms with Crippen molar-refractivity contribution in [1.82, 2.24) is 10.1 Å². The highest BCUT2D eigenvalue weighted by Crippen LogP contribution is 2.34. The van der Waals surface area contributed by atoms with Crippen LogP contribution in [-0.2, 0) is 4.79 Å². The van der Waals surface area contributed by atoms with Crippen molar-refractivity contribution in [2.75, 3.05) is 10.6 Å². The van der Waals surface area contributed by atoms with Crippen molar-refractivity contribution in [3.8, 4) is 11.4 Å². The van der Waals surface area contributed by atoms with Gasteiger partial charge in [0.2, 0.25) is 17.6 Å². The number of nitrogens with zero attached hydrogens (tertiary/aromatic N) is 2. The summed E-state index contributed by atoms with van der Waals surface area (Å²) in [5, 5.41) is 9.66. The molecule has 0 radical (unpaired) electrons. The lowest BCUT2D eigenvalue weighted by Gasteiger charge is -2.07. The molecule has 0 spiro atoms. The smallest absolute Gasteiger partial charge is 0.255 e. The van der Waals surface area contributed by atoms with Gasteiger partial charge in [0.15, 0.2) is 0 Å². The Hall–Kier alpha value is -3.48. The second kappa shape index (κ2) is 8.26. The molecule has 7 nitrogen and oxygen atoms in total. The van der Waals surface area contributed by atoms with E-state index in [9.17, 15) is 9.59 Å². The van der Waals surface area contributed by atoms with Crippen molar-refractivity contribution in [3.05, 3.63) is 60.0 Å². The molecule has 1 saturated carbocycles. The number of anilines is 2. The summed E-state index contributed by atoms with van der Waals surface area (Å²) < 4.78 is 5.45. The monoisotopic (exact) mass is 390 g/mol. The normalized spacial score (nSPS) is 14.0. The Balaban J connectivity index is 1.46. The number of carbonyl (C=O) groups is 2. The number of aromatic nitrogens is 2. The maximum absolute atomic E-state index is 12.5. The Bertz CT molecular complexity index is 1020. The van der Waals surface area contributed by atoms with Crippen LogP contribution in [0, 0.1) is 0 Å². The van der Waals surface area contributed by atoms with Gasteiger partial charge in [0, 0.05) is 35.3 Å². The van der Waals surface area contributed by atoms with E-state index in [-0.39, 0.29) is 11.8 Å². The van der Waals surface area contributed by atoms with Gasteiger partial charge in [-0.2, -0.15) is 4.98 Å². The van der Waals surface area contributed by atoms with Crippen molar-refractivity contribution in [1.29, 1.82) is 0 Å². The Kier molecular flexibility index (Phi) is 5.37. The third-order valence-corrected chi connectivity index (χ3v) is 4.99. The minimum Gasteiger partial charge on any atom is -0.339 e. The maximum atomic E-state index is 12.5. The number of amides is 2. The van der Waals surface area contributed by atoms with Crippen molar-refractivity contribution < 1.29 is 14.1 Å². The molecule has 0 bridgehead atoms. The largest absolute Gasteiger partial charge is 0.339 e. The second-order valence-electron chi connectivity index (χ2n) is 7.23. The summed E-state index contributed by atoms with van der Waals surface area (Å²) in [6.07, 6.45) is 4.60. The fourth-order valence-corrected chi connectivity index (χ4v) is 3.54. The van der Waals surface area contributed by atoms with Gasteiger partial charge >= 0.3 is 0 Å². The first-order valence-corrected chi connectivity index (χ1v) is 9.71. The molecular weight excluding hydrogens is 368 g/mol. The molecule has 3 aromatic rings. The Labute approximate surface area is 168 Å². The summed E-state index contributed by atoms with van der Waals surface area (Å²) in [6, 6.07) is 14.1. The zero-order chi connectivity index (χ0) is 20.2. The lowest BCUT2D eigenvalue weighted by Crippen LogP contribution is -2.12. The summed E-state index contributed by atoms with van der Waals surface area (Å²) in [6.45, 7) is 1.44. The van der Waals surface area contributed by atoms with Gasteiger partial charge in [0.05, 0.1) is 0 Å². The quantitative estimate of drug-likeness (QED) is 0.663. The van der Waals surface area contributed by atoms with Gasteiger partial charge < -0.3 is 15.2 Å². The van der Waals surface area contributed by atoms with Crippen LogP contribution < -0.4 is 10.6 Å². The van der Waals surface area contributed by atoms with Crippen LogP contribution in [0.25, 0.3) is 11.4 Å². The van der Waals surface area contributed by atoms with E-state index in [0.717, 1.165) is 18.4 Å². The number of nitrogens with one attached hydrogen (secondary N) is 2. The summed E-state index contributed by atoms with van der Waals surface area (Å²) in [5.41, 5.74) is 2.57. The highest BCUT2D eigenvalue weighted by Gasteiger charge is 2.23. The highest BCUT2D eigenvalue weighted by molar-refractivity contribution is 6.04. The van der Waals surface area contributed by atoms with Gasteiger partial charge in [-0.3, -0.25) is 9.59 Å². The predicted octanol–water partition coefficient (Wildman–Crippen LogP) is 4.60. The molecule has 7 heteroatoms. The first kappa shape index (κ1) is 18.9. The van der Waals surface area contributed by atoms with Crippen LogP contribution in [0.4, 0.5) is 11.4 Å². The molecule has 29 heavy (non-hydrogen) atoms. The summed E-state index contributed by atoms with van der Waals surface area (Å²) in [5.74, 6) is 1.20. The molecule has 1 heterocycles. The first-order valence-electron chi connectivity index (χ1n) is 9.71. The molecule has 0 aliphatic heterocycles. The third-order valence-electron chi connectivity index (χ3n) is 4.99. The minimum atomic E-state index is -0.240. The van der Waals surface area contributed by atoms with E-state index in [4.69, 9.17) is 4.52 Å². The van der Waals surface area contributed by atoms with E-state index in [1.54, 1.807) is 24.3 Å². The van der Waals surface area contributed by atoms with Crippen LogP contribution in [0.15, 0.2) is 53.1 Å². The summed E-state index contributed by atoms with van der Waals surface area (Å²) in [7, 11) is 0. The van der Waals surface area contributed by atoms with E-state index in [1.165, 1.54) is 19.8 Å². The molecule has 148 valence electrons. The molecule has 4 rings (SSSR count). The first-order chi connectivity index (χ1) is 14.1. The van der Waals surface area contributed by atoms with E-state index < -0.39 is 0 Å². The SMILES string of the molecule is CC(=O)Nc1ccc(C(=O)Nc2cccc(-c3noc(C4CCCC4)n3)c2)cc1. The van der Waals surface area contributed by atoms with E-state index >= 15 is 0 Å². The summed E-state index contributed by atoms with van der Waals surface area (Å²) in [4.78, 5) is 28.2. The van der Waals surface area contributed by atoms with Crippen LogP contribution in [-0.4, -0.2) is 22.0 Å². The third kappa shape index (κ3) is 4.51. The fraction of sp³-hybridized carbons (Fsp3) is 0.273. The van der Waals surface area contributed by atoms with E-state index in [1.807, 2.05) is 24.3 Å². The topological polar surface area (TPSA) is 97.1 Å². The number of rotatable bonds is 5. The molecule has 1 fully saturated rings. The lowest BCUT2D eigenvalue weighted by molar-refractivity contribution is -0.114. The fourth-order valence-electron chi connectivity index (χ4n) is 3.54. The van der Waals surface area contributed by atoms with Gasteiger partial charge in [0.25, 0.3) is 5.91 Å². The van der Waals surface area contributed by atoms with Crippen molar-refractivity contribution >= 4 is 23.2 Å². The molecule has 2 aromatic carbocycles. The van der Waals surface area contributed by atoms with Crippen molar-refractivity contribution in [2.45, 2.75) is 38.5 Å². The Morgan fingerprint density at radius 1 is 1.00 bits per heavy atom. The van der Waals surface area contributed by atoms with Gasteiger partial charge in [0.1, 0.15) is 0 Å². The molecule has 1 aliphatic rings. The zero-order valence-electron chi connectivity index (χ0n) is 16.1. The van der Waals surface area contributed by atoms with Crippen LogP contribution in [0.5, 0.6) is 0 Å². The number of hydrogen-bond donors (Lipinski definition) is 2. The molecule has 1 aromatic heterocycles. The number of hydrogen-bond acceptors (Lipinski definition) is 5. The Morgan fingerprint density at radius 3 is 2.48 bits per heavy atom. The zero-order valence-corrected chi connectivity index (χ0v) is 16.1. The average molecular weight is 390 g/mol. The Morgan fingerprint density at radius 2 is 1.76 bits per heavy atom. The molecule has 2 N–H and O–H groups in total. The standard InChI is InChI=1S/C22H22N4O3/c1-14(27)23-18-11-9-15(10-12-18)21(28)24-19-8-4-7-17(13-19)20-25-22(29-26-20)16-5-2-3-6-16/h4,7-13,16H,2-3,5-6H2,1H3,(H,23,27)(H,24,28). The second-order valence-corrected chi connectivity index (χ2v) is 7.23. The van der Waals surface area contributed by atoms with Crippen LogP contribution in [0.3, 0.4) is 0 Å². The van der Waals surface area contributed by atoms with Crippen LogP contribution >= 0.6 is 0 Å². The molecule has 1 aliphatic carbocycles. The van der Waals surface area contributed by atoms with Crippen LogP contribution in [0.1, 0.15) is 54.8 Å². The van der Waals surface area contributed by atoms with Crippen molar-refractivity contribution in [2.24, 2.45) is 0 Å². The van der Waals surface area contributed by atoms with Crippen LogP contribution in [0.2, 0.25) is 0 Å². The molecule has 0 unspecified atom stereocenters. The molecular formula is C22H22N4O3. The molecule has 0 atom stereocenters. The molecule has 2 amide bonds. The maximum Gasteiger partial charge on any atom is 0.255 e. The van der Waals surface area contributed by atoms with Gasteiger partial charge in [-0.15, -0.1) is 0 Å². The minimum absolute atomic E-state index is 0.156. The number of carbonyl (C=O) groups excluding carboxylic acids is 2. The highest BCUT2D eigenvalue weighted by atomic mass is 16.5.